The largest absolute Gasteiger partial charge is 0.484 e. The first-order valence-corrected chi connectivity index (χ1v) is 8.07. The van der Waals surface area contributed by atoms with Crippen LogP contribution in [-0.2, 0) is 4.79 Å². The molecule has 7 heteroatoms. The van der Waals surface area contributed by atoms with Crippen LogP contribution in [0.15, 0.2) is 24.3 Å². The number of piperidine rings is 1. The molecule has 0 spiro atoms. The molecule has 3 rings (SSSR count). The molecule has 2 atom stereocenters. The number of halogens is 1. The van der Waals surface area contributed by atoms with Gasteiger partial charge in [-0.2, -0.15) is 0 Å². The molecule has 2 heterocycles. The van der Waals surface area contributed by atoms with Crippen molar-refractivity contribution in [3.05, 3.63) is 29.8 Å². The Morgan fingerprint density at radius 1 is 1.21 bits per heavy atom. The third kappa shape index (κ3) is 4.19. The minimum absolute atomic E-state index is 0. The molecule has 0 saturated carbocycles. The van der Waals surface area contributed by atoms with Crippen LogP contribution in [0, 0.1) is 0 Å². The van der Waals surface area contributed by atoms with Gasteiger partial charge in [0, 0.05) is 30.7 Å². The standard InChI is InChI=1S/C17H23N3O3.ClH/c1-20(14-8-12-4-5-13(9-14)19-12)17(22)11-2-6-15(7-3-11)23-10-16(18)21;/h2-3,6-7,12-14,19H,4-5,8-10H2,1H3,(H2,18,21);1H. The number of hydrogen-bond donors (Lipinski definition) is 2. The van der Waals surface area contributed by atoms with E-state index < -0.39 is 5.91 Å². The molecule has 2 fully saturated rings. The van der Waals surface area contributed by atoms with Crippen molar-refractivity contribution in [3.8, 4) is 5.75 Å². The smallest absolute Gasteiger partial charge is 0.255 e. The second kappa shape index (κ2) is 7.85. The molecule has 2 aliphatic rings. The Balaban J connectivity index is 0.00000208. The Bertz CT molecular complexity index is 581. The number of fused-ring (bicyclic) bond motifs is 2. The van der Waals surface area contributed by atoms with E-state index in [1.165, 1.54) is 12.8 Å². The summed E-state index contributed by atoms with van der Waals surface area (Å²) in [7, 11) is 1.88. The number of rotatable bonds is 5. The summed E-state index contributed by atoms with van der Waals surface area (Å²) in [6.07, 6.45) is 4.49. The fourth-order valence-corrected chi connectivity index (χ4v) is 3.56. The molecule has 1 aromatic rings. The number of hydrogen-bond acceptors (Lipinski definition) is 4. The number of primary amides is 1. The van der Waals surface area contributed by atoms with Crippen LogP contribution in [0.5, 0.6) is 5.75 Å². The van der Waals surface area contributed by atoms with E-state index >= 15 is 0 Å². The molecule has 24 heavy (non-hydrogen) atoms. The molecule has 2 saturated heterocycles. The highest BCUT2D eigenvalue weighted by Crippen LogP contribution is 2.30. The van der Waals surface area contributed by atoms with Crippen LogP contribution in [0.2, 0.25) is 0 Å². The summed E-state index contributed by atoms with van der Waals surface area (Å²) in [6, 6.07) is 8.24. The van der Waals surface area contributed by atoms with Crippen LogP contribution in [0.4, 0.5) is 0 Å². The van der Waals surface area contributed by atoms with Gasteiger partial charge in [0.15, 0.2) is 6.61 Å². The summed E-state index contributed by atoms with van der Waals surface area (Å²) in [5.41, 5.74) is 5.67. The van der Waals surface area contributed by atoms with Gasteiger partial charge in [0.05, 0.1) is 0 Å². The maximum Gasteiger partial charge on any atom is 0.255 e. The number of carbonyl (C=O) groups excluding carboxylic acids is 2. The first-order valence-electron chi connectivity index (χ1n) is 8.07. The van der Waals surface area contributed by atoms with E-state index in [1.54, 1.807) is 24.3 Å². The molecule has 6 nitrogen and oxygen atoms in total. The average molecular weight is 354 g/mol. The zero-order chi connectivity index (χ0) is 16.4. The van der Waals surface area contributed by atoms with Crippen LogP contribution in [0.25, 0.3) is 0 Å². The molecular weight excluding hydrogens is 330 g/mol. The second-order valence-corrected chi connectivity index (χ2v) is 6.46. The lowest BCUT2D eigenvalue weighted by molar-refractivity contribution is -0.119. The van der Waals surface area contributed by atoms with Crippen molar-refractivity contribution in [2.45, 2.75) is 43.8 Å². The van der Waals surface area contributed by atoms with Gasteiger partial charge in [0.25, 0.3) is 11.8 Å². The Hall–Kier alpha value is -1.79. The molecule has 0 radical (unpaired) electrons. The number of nitrogens with zero attached hydrogens (tertiary/aromatic N) is 1. The predicted molar refractivity (Wildman–Crippen MR) is 93.4 cm³/mol. The van der Waals surface area contributed by atoms with E-state index in [4.69, 9.17) is 10.5 Å². The highest BCUT2D eigenvalue weighted by molar-refractivity contribution is 5.94. The molecule has 132 valence electrons. The van der Waals surface area contributed by atoms with E-state index in [-0.39, 0.29) is 24.9 Å². The molecule has 0 aliphatic carbocycles. The fourth-order valence-electron chi connectivity index (χ4n) is 3.56. The van der Waals surface area contributed by atoms with Crippen molar-refractivity contribution >= 4 is 24.2 Å². The zero-order valence-electron chi connectivity index (χ0n) is 13.7. The summed E-state index contributed by atoms with van der Waals surface area (Å²) >= 11 is 0. The molecule has 3 N–H and O–H groups in total. The third-order valence-corrected chi connectivity index (χ3v) is 4.80. The fraction of sp³-hybridized carbons (Fsp3) is 0.529. The van der Waals surface area contributed by atoms with Gasteiger partial charge in [0.2, 0.25) is 0 Å². The van der Waals surface area contributed by atoms with E-state index in [1.807, 2.05) is 11.9 Å². The third-order valence-electron chi connectivity index (χ3n) is 4.80. The lowest BCUT2D eigenvalue weighted by atomic mass is 9.98. The number of ether oxygens (including phenoxy) is 1. The number of nitrogens with one attached hydrogen (secondary N) is 1. The van der Waals surface area contributed by atoms with Crippen molar-refractivity contribution in [2.24, 2.45) is 5.73 Å². The van der Waals surface area contributed by atoms with Crippen molar-refractivity contribution < 1.29 is 14.3 Å². The Labute approximate surface area is 148 Å². The predicted octanol–water partition coefficient (Wildman–Crippen LogP) is 1.33. The van der Waals surface area contributed by atoms with Gasteiger partial charge in [0.1, 0.15) is 5.75 Å². The van der Waals surface area contributed by atoms with Crippen LogP contribution in [-0.4, -0.2) is 48.5 Å². The van der Waals surface area contributed by atoms with Crippen molar-refractivity contribution in [2.75, 3.05) is 13.7 Å². The minimum atomic E-state index is -0.523. The maximum atomic E-state index is 12.6. The van der Waals surface area contributed by atoms with Crippen molar-refractivity contribution in [1.29, 1.82) is 0 Å². The first-order chi connectivity index (χ1) is 11.0. The van der Waals surface area contributed by atoms with Gasteiger partial charge in [-0.15, -0.1) is 12.4 Å². The molecule has 0 aromatic heterocycles. The molecule has 2 unspecified atom stereocenters. The number of carbonyl (C=O) groups is 2. The van der Waals surface area contributed by atoms with Gasteiger partial charge in [-0.25, -0.2) is 0 Å². The lowest BCUT2D eigenvalue weighted by Crippen LogP contribution is -2.48. The highest BCUT2D eigenvalue weighted by Gasteiger charge is 2.36. The second-order valence-electron chi connectivity index (χ2n) is 6.46. The summed E-state index contributed by atoms with van der Waals surface area (Å²) in [5.74, 6) is 0.0334. The zero-order valence-corrected chi connectivity index (χ0v) is 14.6. The van der Waals surface area contributed by atoms with E-state index in [2.05, 4.69) is 5.32 Å². The van der Waals surface area contributed by atoms with E-state index in [0.717, 1.165) is 12.8 Å². The Morgan fingerprint density at radius 3 is 2.33 bits per heavy atom. The van der Waals surface area contributed by atoms with Gasteiger partial charge in [-0.3, -0.25) is 9.59 Å². The Morgan fingerprint density at radius 2 is 1.79 bits per heavy atom. The monoisotopic (exact) mass is 353 g/mol. The van der Waals surface area contributed by atoms with E-state index in [9.17, 15) is 9.59 Å². The quantitative estimate of drug-likeness (QED) is 0.836. The topological polar surface area (TPSA) is 84.7 Å². The van der Waals surface area contributed by atoms with Crippen LogP contribution < -0.4 is 15.8 Å². The number of nitrogens with two attached hydrogens (primary N) is 1. The van der Waals surface area contributed by atoms with Gasteiger partial charge in [-0.05, 0) is 49.9 Å². The van der Waals surface area contributed by atoms with Crippen LogP contribution in [0.3, 0.4) is 0 Å². The Kier molecular flexibility index (Phi) is 6.07. The van der Waals surface area contributed by atoms with Crippen LogP contribution in [0.1, 0.15) is 36.0 Å². The average Bonchev–Trinajstić information content (AvgIpc) is 2.90. The molecule has 2 amide bonds. The minimum Gasteiger partial charge on any atom is -0.484 e. The number of benzene rings is 1. The maximum absolute atomic E-state index is 12.6. The molecule has 2 aliphatic heterocycles. The summed E-state index contributed by atoms with van der Waals surface area (Å²) < 4.78 is 5.21. The summed E-state index contributed by atoms with van der Waals surface area (Å²) in [5, 5.41) is 3.59. The normalized spacial score (nSPS) is 24.8. The highest BCUT2D eigenvalue weighted by atomic mass is 35.5. The van der Waals surface area contributed by atoms with Gasteiger partial charge in [-0.1, -0.05) is 0 Å². The number of amides is 2. The summed E-state index contributed by atoms with van der Waals surface area (Å²) in [6.45, 7) is -0.162. The summed E-state index contributed by atoms with van der Waals surface area (Å²) in [4.78, 5) is 25.2. The lowest BCUT2D eigenvalue weighted by Gasteiger charge is -2.35. The molecular formula is C17H24ClN3O3. The van der Waals surface area contributed by atoms with Gasteiger partial charge < -0.3 is 20.7 Å². The van der Waals surface area contributed by atoms with Gasteiger partial charge >= 0.3 is 0 Å². The van der Waals surface area contributed by atoms with Crippen molar-refractivity contribution in [1.82, 2.24) is 10.2 Å². The first kappa shape index (κ1) is 18.5. The molecule has 2 bridgehead atoms. The molecule has 1 aromatic carbocycles. The SMILES string of the molecule is CN(C(=O)c1ccc(OCC(N)=O)cc1)C1CC2CCC(C1)N2.Cl. The van der Waals surface area contributed by atoms with Crippen molar-refractivity contribution in [3.63, 3.8) is 0 Å². The van der Waals surface area contributed by atoms with E-state index in [0.29, 0.717) is 29.4 Å². The van der Waals surface area contributed by atoms with Crippen LogP contribution >= 0.6 is 12.4 Å².